The van der Waals surface area contributed by atoms with E-state index in [1.807, 2.05) is 0 Å². The van der Waals surface area contributed by atoms with Crippen LogP contribution in [0.4, 0.5) is 0 Å². The molecule has 6 saturated carbocycles. The van der Waals surface area contributed by atoms with Crippen molar-refractivity contribution in [2.24, 2.45) is 62.1 Å². The Morgan fingerprint density at radius 1 is 0.710 bits per heavy atom. The molecule has 6 aliphatic carbocycles. The number of aliphatic hydroxyl groups is 1. The molecule has 1 N–H and O–H groups in total. The molecular weight excluding hydrogens is 376 g/mol. The van der Waals surface area contributed by atoms with Crippen molar-refractivity contribution >= 4 is 0 Å². The second-order valence-electron chi connectivity index (χ2n) is 15.4. The third-order valence-corrected chi connectivity index (χ3v) is 14.5. The normalized spacial score (nSPS) is 64.3. The summed E-state index contributed by atoms with van der Waals surface area (Å²) in [7, 11) is 0. The minimum atomic E-state index is -0.100. The highest BCUT2D eigenvalue weighted by Gasteiger charge is 2.84. The maximum atomic E-state index is 10.9. The Hall–Kier alpha value is -0.0400. The molecule has 0 aliphatic heterocycles. The molecule has 0 aromatic rings. The van der Waals surface area contributed by atoms with Gasteiger partial charge in [-0.2, -0.15) is 0 Å². The molecule has 0 aromatic carbocycles. The second-order valence-corrected chi connectivity index (χ2v) is 15.4. The molecule has 1 nitrogen and oxygen atoms in total. The molecule has 6 aliphatic rings. The van der Waals surface area contributed by atoms with E-state index in [1.54, 1.807) is 6.42 Å². The van der Waals surface area contributed by atoms with Gasteiger partial charge < -0.3 is 5.11 Å². The first-order valence-electron chi connectivity index (χ1n) is 14.1. The second kappa shape index (κ2) is 5.95. The fraction of sp³-hybridized carbons (Fsp3) is 1.00. The standard InChI is InChI=1S/C30H50O/c1-19-8-12-26(5)16-17-30-18-29(30,24(26)20(19)2)15-10-22-27(6)13-11-23(31)25(3,4)21(27)9-14-28(22,30)7/h19-24,31H,8-18H2,1-7H3/t19-,20+,21+,22-,23-,24-,26-,27-,28-,29-,30-/m1/s1. The van der Waals surface area contributed by atoms with Gasteiger partial charge in [-0.05, 0) is 133 Å². The third kappa shape index (κ3) is 2.21. The lowest BCUT2D eigenvalue weighted by Gasteiger charge is -2.70. The average Bonchev–Trinajstić information content (AvgIpc) is 3.39. The zero-order valence-electron chi connectivity index (χ0n) is 21.7. The van der Waals surface area contributed by atoms with Gasteiger partial charge in [0.05, 0.1) is 6.10 Å². The molecule has 0 bridgehead atoms. The van der Waals surface area contributed by atoms with E-state index in [2.05, 4.69) is 48.5 Å². The molecule has 31 heavy (non-hydrogen) atoms. The van der Waals surface area contributed by atoms with E-state index in [0.717, 1.165) is 30.1 Å². The fourth-order valence-corrected chi connectivity index (χ4v) is 12.8. The minimum Gasteiger partial charge on any atom is -0.393 e. The quantitative estimate of drug-likeness (QED) is 0.418. The lowest BCUT2D eigenvalue weighted by atomic mass is 9.35. The topological polar surface area (TPSA) is 20.2 Å². The van der Waals surface area contributed by atoms with Crippen molar-refractivity contribution in [1.82, 2.24) is 0 Å². The van der Waals surface area contributed by atoms with Gasteiger partial charge in [0, 0.05) is 0 Å². The summed E-state index contributed by atoms with van der Waals surface area (Å²) >= 11 is 0. The summed E-state index contributed by atoms with van der Waals surface area (Å²) < 4.78 is 0. The maximum absolute atomic E-state index is 10.9. The van der Waals surface area contributed by atoms with E-state index < -0.39 is 0 Å². The third-order valence-electron chi connectivity index (χ3n) is 14.5. The zero-order valence-corrected chi connectivity index (χ0v) is 21.7. The minimum absolute atomic E-state index is 0.0858. The average molecular weight is 427 g/mol. The summed E-state index contributed by atoms with van der Waals surface area (Å²) in [5, 5.41) is 10.9. The summed E-state index contributed by atoms with van der Waals surface area (Å²) in [6.07, 6.45) is 15.5. The Bertz CT molecular complexity index is 785. The highest BCUT2D eigenvalue weighted by Crippen LogP contribution is 2.91. The van der Waals surface area contributed by atoms with Crippen LogP contribution in [0.1, 0.15) is 119 Å². The van der Waals surface area contributed by atoms with E-state index >= 15 is 0 Å². The maximum Gasteiger partial charge on any atom is 0.0594 e. The summed E-state index contributed by atoms with van der Waals surface area (Å²) in [6.45, 7) is 18.2. The van der Waals surface area contributed by atoms with E-state index in [-0.39, 0.29) is 11.5 Å². The largest absolute Gasteiger partial charge is 0.393 e. The smallest absolute Gasteiger partial charge is 0.0594 e. The first-order valence-corrected chi connectivity index (χ1v) is 14.1. The van der Waals surface area contributed by atoms with Crippen LogP contribution in [-0.2, 0) is 0 Å². The van der Waals surface area contributed by atoms with Crippen molar-refractivity contribution in [2.75, 3.05) is 0 Å². The van der Waals surface area contributed by atoms with Crippen LogP contribution < -0.4 is 0 Å². The molecular formula is C30H50O. The molecule has 0 radical (unpaired) electrons. The number of hydrogen-bond acceptors (Lipinski definition) is 1. The Labute approximate surface area is 192 Å². The van der Waals surface area contributed by atoms with Crippen LogP contribution in [0.25, 0.3) is 0 Å². The van der Waals surface area contributed by atoms with Gasteiger partial charge in [0.2, 0.25) is 0 Å². The van der Waals surface area contributed by atoms with Crippen molar-refractivity contribution in [3.63, 3.8) is 0 Å². The van der Waals surface area contributed by atoms with E-state index in [0.29, 0.717) is 33.0 Å². The van der Waals surface area contributed by atoms with Crippen molar-refractivity contribution in [2.45, 2.75) is 125 Å². The first-order chi connectivity index (χ1) is 14.4. The van der Waals surface area contributed by atoms with Gasteiger partial charge in [0.15, 0.2) is 0 Å². The van der Waals surface area contributed by atoms with Gasteiger partial charge in [-0.3, -0.25) is 0 Å². The Morgan fingerprint density at radius 3 is 2.16 bits per heavy atom. The molecule has 0 saturated heterocycles. The van der Waals surface area contributed by atoms with E-state index in [9.17, 15) is 5.11 Å². The van der Waals surface area contributed by atoms with Crippen LogP contribution in [0.2, 0.25) is 0 Å². The highest BCUT2D eigenvalue weighted by molar-refractivity contribution is 5.32. The van der Waals surface area contributed by atoms with Gasteiger partial charge in [-0.15, -0.1) is 0 Å². The monoisotopic (exact) mass is 426 g/mol. The Morgan fingerprint density at radius 2 is 1.42 bits per heavy atom. The lowest BCUT2D eigenvalue weighted by molar-refractivity contribution is -0.223. The lowest BCUT2D eigenvalue weighted by Crippen LogP contribution is -2.64. The molecule has 0 heterocycles. The zero-order chi connectivity index (χ0) is 22.2. The molecule has 176 valence electrons. The Kier molecular flexibility index (Phi) is 4.13. The predicted molar refractivity (Wildman–Crippen MR) is 129 cm³/mol. The molecule has 0 aromatic heterocycles. The van der Waals surface area contributed by atoms with Crippen molar-refractivity contribution in [3.8, 4) is 0 Å². The van der Waals surface area contributed by atoms with Crippen LogP contribution in [0.5, 0.6) is 0 Å². The SMILES string of the molecule is C[C@H]1[C@H](C)CC[C@]2(C)CC[C@]34C[C@]3(CC[C@@H]3[C@]5(C)CC[C@@H](O)C(C)(C)[C@@H]5CC[C@]34C)[C@H]12. The number of hydrogen-bond donors (Lipinski definition) is 1. The molecule has 1 heteroatoms. The molecule has 0 unspecified atom stereocenters. The molecule has 0 spiro atoms. The Balaban J connectivity index is 1.40. The number of fused-ring (bicyclic) bond motifs is 4. The van der Waals surface area contributed by atoms with E-state index in [4.69, 9.17) is 0 Å². The van der Waals surface area contributed by atoms with Crippen LogP contribution in [0.15, 0.2) is 0 Å². The molecule has 11 atom stereocenters. The van der Waals surface area contributed by atoms with Gasteiger partial charge in [-0.1, -0.05) is 48.5 Å². The fourth-order valence-electron chi connectivity index (χ4n) is 12.8. The first kappa shape index (κ1) is 21.5. The number of rotatable bonds is 0. The molecule has 0 amide bonds. The van der Waals surface area contributed by atoms with Crippen LogP contribution in [0.3, 0.4) is 0 Å². The summed E-state index contributed by atoms with van der Waals surface area (Å²) in [5.41, 5.74) is 3.00. The molecule has 6 rings (SSSR count). The molecule has 6 fully saturated rings. The van der Waals surface area contributed by atoms with Gasteiger partial charge in [0.1, 0.15) is 0 Å². The van der Waals surface area contributed by atoms with E-state index in [1.165, 1.54) is 57.8 Å². The van der Waals surface area contributed by atoms with Gasteiger partial charge >= 0.3 is 0 Å². The number of aliphatic hydroxyl groups excluding tert-OH is 1. The summed E-state index contributed by atoms with van der Waals surface area (Å²) in [6, 6.07) is 0. The van der Waals surface area contributed by atoms with Crippen LogP contribution in [0, 0.1) is 62.1 Å². The van der Waals surface area contributed by atoms with Gasteiger partial charge in [-0.25, -0.2) is 0 Å². The van der Waals surface area contributed by atoms with Crippen LogP contribution >= 0.6 is 0 Å². The van der Waals surface area contributed by atoms with Crippen molar-refractivity contribution in [1.29, 1.82) is 0 Å². The van der Waals surface area contributed by atoms with Crippen molar-refractivity contribution < 1.29 is 5.11 Å². The summed E-state index contributed by atoms with van der Waals surface area (Å²) in [4.78, 5) is 0. The van der Waals surface area contributed by atoms with Crippen LogP contribution in [-0.4, -0.2) is 11.2 Å². The highest BCUT2D eigenvalue weighted by atomic mass is 16.3. The summed E-state index contributed by atoms with van der Waals surface area (Å²) in [5.74, 6) is 4.39. The van der Waals surface area contributed by atoms with Crippen molar-refractivity contribution in [3.05, 3.63) is 0 Å². The van der Waals surface area contributed by atoms with Gasteiger partial charge in [0.25, 0.3) is 0 Å². The predicted octanol–water partition coefficient (Wildman–Crippen LogP) is 7.86.